The number of carbonyl (C=O) groups is 2. The minimum absolute atomic E-state index is 0.0185. The van der Waals surface area contributed by atoms with Crippen LogP contribution in [0.5, 0.6) is 0 Å². The SMILES string of the molecule is COC(=O)c1ccc(COC(=O)c2ccc(N)cc2)nc1. The Morgan fingerprint density at radius 2 is 1.71 bits per heavy atom. The lowest BCUT2D eigenvalue weighted by atomic mass is 10.2. The molecule has 21 heavy (non-hydrogen) atoms. The second kappa shape index (κ2) is 6.51. The Hall–Kier alpha value is -2.89. The molecule has 0 amide bonds. The Bertz CT molecular complexity index is 636. The van der Waals surface area contributed by atoms with E-state index in [0.29, 0.717) is 22.5 Å². The Balaban J connectivity index is 1.95. The highest BCUT2D eigenvalue weighted by atomic mass is 16.5. The summed E-state index contributed by atoms with van der Waals surface area (Å²) < 4.78 is 9.69. The van der Waals surface area contributed by atoms with Crippen molar-refractivity contribution in [2.45, 2.75) is 6.61 Å². The number of esters is 2. The summed E-state index contributed by atoms with van der Waals surface area (Å²) in [5.74, 6) is -0.929. The minimum atomic E-state index is -0.465. The van der Waals surface area contributed by atoms with Crippen LogP contribution in [0.3, 0.4) is 0 Å². The van der Waals surface area contributed by atoms with E-state index in [9.17, 15) is 9.59 Å². The fourth-order valence-corrected chi connectivity index (χ4v) is 1.59. The predicted molar refractivity (Wildman–Crippen MR) is 75.6 cm³/mol. The number of benzene rings is 1. The van der Waals surface area contributed by atoms with Crippen LogP contribution < -0.4 is 5.73 Å². The number of anilines is 1. The zero-order valence-corrected chi connectivity index (χ0v) is 11.4. The van der Waals surface area contributed by atoms with Gasteiger partial charge >= 0.3 is 11.9 Å². The molecule has 0 atom stereocenters. The summed E-state index contributed by atoms with van der Waals surface area (Å²) in [5.41, 5.74) is 7.40. The summed E-state index contributed by atoms with van der Waals surface area (Å²) in [7, 11) is 1.30. The molecule has 0 saturated heterocycles. The summed E-state index contributed by atoms with van der Waals surface area (Å²) in [6.07, 6.45) is 1.37. The molecule has 2 N–H and O–H groups in total. The minimum Gasteiger partial charge on any atom is -0.465 e. The largest absolute Gasteiger partial charge is 0.465 e. The van der Waals surface area contributed by atoms with Crippen LogP contribution in [-0.2, 0) is 16.1 Å². The van der Waals surface area contributed by atoms with E-state index in [2.05, 4.69) is 9.72 Å². The van der Waals surface area contributed by atoms with Crippen molar-refractivity contribution in [2.75, 3.05) is 12.8 Å². The molecule has 0 aliphatic heterocycles. The van der Waals surface area contributed by atoms with Gasteiger partial charge in [0.15, 0.2) is 0 Å². The highest BCUT2D eigenvalue weighted by Gasteiger charge is 2.09. The van der Waals surface area contributed by atoms with Gasteiger partial charge < -0.3 is 15.2 Å². The third kappa shape index (κ3) is 3.79. The molecule has 0 fully saturated rings. The van der Waals surface area contributed by atoms with Crippen molar-refractivity contribution in [3.8, 4) is 0 Å². The van der Waals surface area contributed by atoms with Crippen molar-refractivity contribution in [1.29, 1.82) is 0 Å². The van der Waals surface area contributed by atoms with Crippen LogP contribution in [0.4, 0.5) is 5.69 Å². The van der Waals surface area contributed by atoms with E-state index in [1.54, 1.807) is 36.4 Å². The molecule has 108 valence electrons. The maximum absolute atomic E-state index is 11.8. The molecule has 6 nitrogen and oxygen atoms in total. The van der Waals surface area contributed by atoms with Gasteiger partial charge in [-0.15, -0.1) is 0 Å². The normalized spacial score (nSPS) is 9.95. The first-order chi connectivity index (χ1) is 10.1. The maximum Gasteiger partial charge on any atom is 0.339 e. The van der Waals surface area contributed by atoms with E-state index < -0.39 is 11.9 Å². The Kier molecular flexibility index (Phi) is 4.50. The molecule has 1 aromatic heterocycles. The molecular formula is C15H14N2O4. The fraction of sp³-hybridized carbons (Fsp3) is 0.133. The molecule has 0 aliphatic carbocycles. The molecule has 2 rings (SSSR count). The van der Waals surface area contributed by atoms with E-state index in [0.717, 1.165) is 0 Å². The number of hydrogen-bond acceptors (Lipinski definition) is 6. The van der Waals surface area contributed by atoms with Crippen molar-refractivity contribution >= 4 is 17.6 Å². The molecule has 0 aliphatic rings. The van der Waals surface area contributed by atoms with Crippen LogP contribution in [0.25, 0.3) is 0 Å². The second-order valence-corrected chi connectivity index (χ2v) is 4.23. The van der Waals surface area contributed by atoms with Gasteiger partial charge in [-0.3, -0.25) is 4.98 Å². The summed E-state index contributed by atoms with van der Waals surface area (Å²) in [5, 5.41) is 0. The smallest absolute Gasteiger partial charge is 0.339 e. The van der Waals surface area contributed by atoms with E-state index in [-0.39, 0.29) is 6.61 Å². The average molecular weight is 286 g/mol. The van der Waals surface area contributed by atoms with Gasteiger partial charge in [0.2, 0.25) is 0 Å². The summed E-state index contributed by atoms with van der Waals surface area (Å²) >= 11 is 0. The summed E-state index contributed by atoms with van der Waals surface area (Å²) in [6.45, 7) is 0.0185. The molecule has 0 radical (unpaired) electrons. The average Bonchev–Trinajstić information content (AvgIpc) is 2.53. The maximum atomic E-state index is 11.8. The number of nitrogens with two attached hydrogens (primary N) is 1. The van der Waals surface area contributed by atoms with Gasteiger partial charge in [0.1, 0.15) is 6.61 Å². The standard InChI is InChI=1S/C15H14N2O4/c1-20-14(18)11-4-7-13(17-8-11)9-21-15(19)10-2-5-12(16)6-3-10/h2-8H,9,16H2,1H3. The van der Waals surface area contributed by atoms with Gasteiger partial charge in [-0.1, -0.05) is 0 Å². The number of aromatic nitrogens is 1. The fourth-order valence-electron chi connectivity index (χ4n) is 1.59. The van der Waals surface area contributed by atoms with Gasteiger partial charge in [0.05, 0.1) is 23.9 Å². The van der Waals surface area contributed by atoms with E-state index in [4.69, 9.17) is 10.5 Å². The van der Waals surface area contributed by atoms with Crippen LogP contribution in [0.2, 0.25) is 0 Å². The van der Waals surface area contributed by atoms with Crippen LogP contribution >= 0.6 is 0 Å². The number of hydrogen-bond donors (Lipinski definition) is 1. The van der Waals surface area contributed by atoms with Gasteiger partial charge in [-0.2, -0.15) is 0 Å². The van der Waals surface area contributed by atoms with Crippen molar-refractivity contribution in [1.82, 2.24) is 4.98 Å². The first-order valence-corrected chi connectivity index (χ1v) is 6.16. The second-order valence-electron chi connectivity index (χ2n) is 4.23. The van der Waals surface area contributed by atoms with Crippen LogP contribution in [0, 0.1) is 0 Å². The van der Waals surface area contributed by atoms with Crippen molar-refractivity contribution in [2.24, 2.45) is 0 Å². The van der Waals surface area contributed by atoms with E-state index in [1.807, 2.05) is 0 Å². The van der Waals surface area contributed by atoms with Crippen LogP contribution in [0.15, 0.2) is 42.6 Å². The van der Waals surface area contributed by atoms with E-state index >= 15 is 0 Å². The number of methoxy groups -OCH3 is 1. The molecule has 0 bridgehead atoms. The number of rotatable bonds is 4. The summed E-state index contributed by atoms with van der Waals surface area (Å²) in [6, 6.07) is 9.59. The molecule has 0 saturated carbocycles. The first-order valence-electron chi connectivity index (χ1n) is 6.16. The first kappa shape index (κ1) is 14.5. The van der Waals surface area contributed by atoms with Crippen molar-refractivity contribution in [3.63, 3.8) is 0 Å². The topological polar surface area (TPSA) is 91.5 Å². The highest BCUT2D eigenvalue weighted by Crippen LogP contribution is 2.09. The monoisotopic (exact) mass is 286 g/mol. The lowest BCUT2D eigenvalue weighted by Gasteiger charge is -2.05. The third-order valence-electron chi connectivity index (χ3n) is 2.74. The number of ether oxygens (including phenoxy) is 2. The van der Waals surface area contributed by atoms with E-state index in [1.165, 1.54) is 13.3 Å². The summed E-state index contributed by atoms with van der Waals surface area (Å²) in [4.78, 5) is 27.1. The number of pyridine rings is 1. The molecule has 6 heteroatoms. The van der Waals surface area contributed by atoms with Crippen LogP contribution in [-0.4, -0.2) is 24.0 Å². The van der Waals surface area contributed by atoms with Gasteiger partial charge in [0, 0.05) is 11.9 Å². The lowest BCUT2D eigenvalue weighted by molar-refractivity contribution is 0.0466. The highest BCUT2D eigenvalue weighted by molar-refractivity contribution is 5.90. The number of carbonyl (C=O) groups excluding carboxylic acids is 2. The van der Waals surface area contributed by atoms with Gasteiger partial charge in [0.25, 0.3) is 0 Å². The molecule has 0 spiro atoms. The zero-order chi connectivity index (χ0) is 15.2. The van der Waals surface area contributed by atoms with Crippen molar-refractivity contribution < 1.29 is 19.1 Å². The van der Waals surface area contributed by atoms with Gasteiger partial charge in [-0.25, -0.2) is 9.59 Å². The molecular weight excluding hydrogens is 272 g/mol. The quantitative estimate of drug-likeness (QED) is 0.680. The Morgan fingerprint density at radius 1 is 1.05 bits per heavy atom. The zero-order valence-electron chi connectivity index (χ0n) is 11.4. The molecule has 1 aromatic carbocycles. The number of nitrogens with zero attached hydrogens (tertiary/aromatic N) is 1. The number of nitrogen functional groups attached to an aromatic ring is 1. The Labute approximate surface area is 121 Å². The third-order valence-corrected chi connectivity index (χ3v) is 2.74. The molecule has 1 heterocycles. The predicted octanol–water partition coefficient (Wildman–Crippen LogP) is 1.81. The Morgan fingerprint density at radius 3 is 2.29 bits per heavy atom. The van der Waals surface area contributed by atoms with Crippen LogP contribution in [0.1, 0.15) is 26.4 Å². The van der Waals surface area contributed by atoms with Gasteiger partial charge in [-0.05, 0) is 36.4 Å². The molecule has 2 aromatic rings. The lowest BCUT2D eigenvalue weighted by Crippen LogP contribution is -2.07. The molecule has 0 unspecified atom stereocenters. The van der Waals surface area contributed by atoms with Crippen molar-refractivity contribution in [3.05, 3.63) is 59.4 Å².